The first kappa shape index (κ1) is 11.1. The molecule has 0 saturated heterocycles. The van der Waals surface area contributed by atoms with Crippen molar-refractivity contribution in [1.82, 2.24) is 0 Å². The Hall–Kier alpha value is -1.40. The minimum absolute atomic E-state index is 0.143. The third-order valence-corrected chi connectivity index (χ3v) is 3.15. The van der Waals surface area contributed by atoms with Gasteiger partial charge in [-0.3, -0.25) is 4.79 Å². The molecule has 0 saturated carbocycles. The predicted octanol–water partition coefficient (Wildman–Crippen LogP) is 0.903. The highest BCUT2D eigenvalue weighted by Gasteiger charge is 2.25. The number of aliphatic carboxylic acids is 1. The number of hydrogen-bond donors (Lipinski definition) is 2. The van der Waals surface area contributed by atoms with E-state index in [1.807, 2.05) is 0 Å². The van der Waals surface area contributed by atoms with Crippen molar-refractivity contribution in [3.8, 4) is 5.75 Å². The van der Waals surface area contributed by atoms with Gasteiger partial charge in [-0.05, 0) is 30.2 Å². The summed E-state index contributed by atoms with van der Waals surface area (Å²) >= 11 is -2.05. The van der Waals surface area contributed by atoms with Gasteiger partial charge in [-0.15, -0.1) is 0 Å². The van der Waals surface area contributed by atoms with Crippen LogP contribution in [0.1, 0.15) is 5.56 Å². The minimum Gasteiger partial charge on any atom is -0.492 e. The van der Waals surface area contributed by atoms with Gasteiger partial charge in [0.15, 0.2) is 11.1 Å². The average molecular weight is 242 g/mol. The fraction of sp³-hybridized carbons (Fsp3) is 0.300. The summed E-state index contributed by atoms with van der Waals surface area (Å²) in [6, 6.07) is 4.60. The van der Waals surface area contributed by atoms with Crippen molar-refractivity contribution >= 4 is 17.0 Å². The van der Waals surface area contributed by atoms with Crippen molar-refractivity contribution in [3.63, 3.8) is 0 Å². The molecule has 1 aromatic rings. The molecule has 1 aromatic carbocycles. The van der Waals surface area contributed by atoms with Gasteiger partial charge >= 0.3 is 5.97 Å². The van der Waals surface area contributed by atoms with E-state index in [1.54, 1.807) is 6.07 Å². The van der Waals surface area contributed by atoms with Crippen LogP contribution in [0, 0.1) is 5.92 Å². The minimum atomic E-state index is -2.05. The Morgan fingerprint density at radius 3 is 2.88 bits per heavy atom. The monoisotopic (exact) mass is 242 g/mol. The summed E-state index contributed by atoms with van der Waals surface area (Å²) in [6.07, 6.45) is 0.329. The summed E-state index contributed by atoms with van der Waals surface area (Å²) in [5.74, 6) is -0.914. The summed E-state index contributed by atoms with van der Waals surface area (Å²) in [5, 5.41) is 8.85. The molecule has 0 spiro atoms. The average Bonchev–Trinajstić information content (AvgIpc) is 2.27. The molecule has 1 heterocycles. The number of carboxylic acid groups (broad SMARTS) is 1. The van der Waals surface area contributed by atoms with E-state index in [9.17, 15) is 9.00 Å². The largest absolute Gasteiger partial charge is 0.492 e. The molecule has 5 nitrogen and oxygen atoms in total. The number of ether oxygens (including phenoxy) is 1. The Morgan fingerprint density at radius 1 is 1.50 bits per heavy atom. The molecule has 0 aromatic heterocycles. The van der Waals surface area contributed by atoms with E-state index in [0.717, 1.165) is 0 Å². The molecule has 1 aliphatic rings. The molecule has 0 radical (unpaired) electrons. The van der Waals surface area contributed by atoms with Crippen LogP contribution in [0.25, 0.3) is 0 Å². The molecule has 2 rings (SSSR count). The van der Waals surface area contributed by atoms with Gasteiger partial charge < -0.3 is 14.4 Å². The van der Waals surface area contributed by atoms with Crippen molar-refractivity contribution in [2.24, 2.45) is 5.92 Å². The number of carboxylic acids is 1. The second-order valence-electron chi connectivity index (χ2n) is 3.57. The lowest BCUT2D eigenvalue weighted by molar-refractivity contribution is -0.143. The van der Waals surface area contributed by atoms with E-state index in [0.29, 0.717) is 17.7 Å². The van der Waals surface area contributed by atoms with Gasteiger partial charge in [-0.1, -0.05) is 0 Å². The second kappa shape index (κ2) is 4.23. The molecule has 0 fully saturated rings. The quantitative estimate of drug-likeness (QED) is 0.753. The van der Waals surface area contributed by atoms with Crippen molar-refractivity contribution in [2.45, 2.75) is 11.3 Å². The van der Waals surface area contributed by atoms with E-state index in [-0.39, 0.29) is 11.5 Å². The van der Waals surface area contributed by atoms with Crippen LogP contribution in [0.5, 0.6) is 5.75 Å². The molecule has 6 heteroatoms. The lowest BCUT2D eigenvalue weighted by atomic mass is 9.97. The van der Waals surface area contributed by atoms with Crippen LogP contribution in [-0.4, -0.2) is 26.4 Å². The number of benzene rings is 1. The third kappa shape index (κ3) is 2.07. The first-order valence-electron chi connectivity index (χ1n) is 4.67. The van der Waals surface area contributed by atoms with Crippen molar-refractivity contribution in [3.05, 3.63) is 23.8 Å². The smallest absolute Gasteiger partial charge is 0.310 e. The first-order valence-corrected chi connectivity index (χ1v) is 5.78. The van der Waals surface area contributed by atoms with E-state index in [4.69, 9.17) is 14.4 Å². The van der Waals surface area contributed by atoms with Gasteiger partial charge in [0.25, 0.3) is 0 Å². The number of rotatable bonds is 2. The van der Waals surface area contributed by atoms with Crippen LogP contribution in [0.3, 0.4) is 0 Å². The zero-order valence-corrected chi connectivity index (χ0v) is 9.07. The Morgan fingerprint density at radius 2 is 2.25 bits per heavy atom. The highest BCUT2D eigenvalue weighted by molar-refractivity contribution is 7.79. The Balaban J connectivity index is 2.32. The summed E-state index contributed by atoms with van der Waals surface area (Å²) < 4.78 is 25.0. The van der Waals surface area contributed by atoms with Gasteiger partial charge in [0.1, 0.15) is 12.4 Å². The lowest BCUT2D eigenvalue weighted by Crippen LogP contribution is -2.27. The highest BCUT2D eigenvalue weighted by Crippen LogP contribution is 2.29. The van der Waals surface area contributed by atoms with Gasteiger partial charge in [-0.25, -0.2) is 4.21 Å². The molecule has 0 aliphatic carbocycles. The summed E-state index contributed by atoms with van der Waals surface area (Å²) in [6.45, 7) is 0.143. The van der Waals surface area contributed by atoms with E-state index >= 15 is 0 Å². The van der Waals surface area contributed by atoms with Crippen LogP contribution < -0.4 is 4.74 Å². The van der Waals surface area contributed by atoms with Crippen molar-refractivity contribution in [1.29, 1.82) is 0 Å². The van der Waals surface area contributed by atoms with Gasteiger partial charge in [0.2, 0.25) is 0 Å². The molecule has 0 bridgehead atoms. The Labute approximate surface area is 94.3 Å². The second-order valence-corrected chi connectivity index (χ2v) is 4.54. The maximum Gasteiger partial charge on any atom is 0.310 e. The Bertz CT molecular complexity index is 457. The zero-order chi connectivity index (χ0) is 11.7. The zero-order valence-electron chi connectivity index (χ0n) is 8.25. The molecular weight excluding hydrogens is 232 g/mol. The molecule has 2 atom stereocenters. The maximum atomic E-state index is 10.9. The third-order valence-electron chi connectivity index (χ3n) is 2.49. The SMILES string of the molecule is O=C(O)C1COc2ccc(S(=O)O)cc2C1. The topological polar surface area (TPSA) is 83.8 Å². The number of carbonyl (C=O) groups is 1. The molecule has 16 heavy (non-hydrogen) atoms. The maximum absolute atomic E-state index is 10.9. The molecule has 2 N–H and O–H groups in total. The van der Waals surface area contributed by atoms with Crippen LogP contribution in [0.2, 0.25) is 0 Å². The van der Waals surface area contributed by atoms with Crippen LogP contribution in [0.4, 0.5) is 0 Å². The van der Waals surface area contributed by atoms with E-state index in [1.165, 1.54) is 12.1 Å². The van der Waals surface area contributed by atoms with Crippen molar-refractivity contribution < 1.29 is 23.4 Å². The van der Waals surface area contributed by atoms with Gasteiger partial charge in [0, 0.05) is 0 Å². The normalized spacial score (nSPS) is 20.7. The fourth-order valence-electron chi connectivity index (χ4n) is 1.64. The summed E-state index contributed by atoms with van der Waals surface area (Å²) in [5.41, 5.74) is 0.665. The van der Waals surface area contributed by atoms with Gasteiger partial charge in [0.05, 0.1) is 10.8 Å². The molecular formula is C10H10O5S. The van der Waals surface area contributed by atoms with Gasteiger partial charge in [-0.2, -0.15) is 0 Å². The van der Waals surface area contributed by atoms with Crippen LogP contribution in [0.15, 0.2) is 23.1 Å². The highest BCUT2D eigenvalue weighted by atomic mass is 32.2. The standard InChI is InChI=1S/C10H10O5S/c11-10(12)7-3-6-4-8(16(13)14)1-2-9(6)15-5-7/h1-2,4,7H,3,5H2,(H,11,12)(H,13,14). The molecule has 1 aliphatic heterocycles. The Kier molecular flexibility index (Phi) is 2.93. The number of fused-ring (bicyclic) bond motifs is 1. The summed E-state index contributed by atoms with van der Waals surface area (Å²) in [7, 11) is 0. The summed E-state index contributed by atoms with van der Waals surface area (Å²) in [4.78, 5) is 11.1. The molecule has 0 amide bonds. The predicted molar refractivity (Wildman–Crippen MR) is 55.8 cm³/mol. The van der Waals surface area contributed by atoms with E-state index in [2.05, 4.69) is 0 Å². The first-order chi connectivity index (χ1) is 7.58. The van der Waals surface area contributed by atoms with E-state index < -0.39 is 23.0 Å². The fourth-order valence-corrected chi connectivity index (χ4v) is 2.07. The van der Waals surface area contributed by atoms with Crippen LogP contribution >= 0.6 is 0 Å². The van der Waals surface area contributed by atoms with Crippen LogP contribution in [-0.2, 0) is 22.3 Å². The van der Waals surface area contributed by atoms with Crippen molar-refractivity contribution in [2.75, 3.05) is 6.61 Å². The number of hydrogen-bond acceptors (Lipinski definition) is 3. The molecule has 2 unspecified atom stereocenters. The lowest BCUT2D eigenvalue weighted by Gasteiger charge is -2.22. The molecule has 86 valence electrons.